The van der Waals surface area contributed by atoms with E-state index >= 15 is 0 Å². The maximum absolute atomic E-state index is 13.0. The van der Waals surface area contributed by atoms with E-state index in [1.807, 2.05) is 43.3 Å². The quantitative estimate of drug-likeness (QED) is 0.145. The predicted molar refractivity (Wildman–Crippen MR) is 191 cm³/mol. The van der Waals surface area contributed by atoms with Gasteiger partial charge in [-0.3, -0.25) is 14.4 Å². The highest BCUT2D eigenvalue weighted by molar-refractivity contribution is 6.38. The molecular weight excluding hydrogens is 659 g/mol. The van der Waals surface area contributed by atoms with Gasteiger partial charge >= 0.3 is 0 Å². The Hall–Kier alpha value is -4.89. The Morgan fingerprint density at radius 1 is 0.894 bits per heavy atom. The number of benzene rings is 4. The standard InChI is InChI=1S/C36H30Cl2N4O4.ClH/c1-23-11-15-25-9-6-10-31(35(25)40-23)46-22-28-29(37)18-19-30(34(28)38)42(2)33(44)21-39-32(43)20-14-24-12-16-27(17-13-24)41-36(45)26-7-4-3-5-8-26;/h3-20H,21-22H2,1-2H3,(H,39,43)(H,41,45);1H/b20-14+;. The molecule has 0 aliphatic rings. The van der Waals surface area contributed by atoms with Gasteiger partial charge in [0.25, 0.3) is 5.91 Å². The van der Waals surface area contributed by atoms with Crippen LogP contribution in [-0.2, 0) is 16.2 Å². The molecule has 11 heteroatoms. The maximum atomic E-state index is 13.0. The van der Waals surface area contributed by atoms with Crippen molar-refractivity contribution in [2.75, 3.05) is 23.8 Å². The molecule has 0 aliphatic carbocycles. The number of nitrogens with zero attached hydrogens (tertiary/aromatic N) is 2. The van der Waals surface area contributed by atoms with Crippen LogP contribution in [0.4, 0.5) is 11.4 Å². The summed E-state index contributed by atoms with van der Waals surface area (Å²) in [5, 5.41) is 7.03. The Morgan fingerprint density at radius 3 is 2.38 bits per heavy atom. The average Bonchev–Trinajstić information content (AvgIpc) is 3.07. The van der Waals surface area contributed by atoms with Gasteiger partial charge in [-0.1, -0.05) is 71.7 Å². The van der Waals surface area contributed by atoms with Crippen LogP contribution < -0.4 is 20.3 Å². The summed E-state index contributed by atoms with van der Waals surface area (Å²) in [5.74, 6) is -0.455. The number of hydrogen-bond acceptors (Lipinski definition) is 5. The van der Waals surface area contributed by atoms with Crippen molar-refractivity contribution in [2.24, 2.45) is 0 Å². The fraction of sp³-hybridized carbons (Fsp3) is 0.111. The Labute approximate surface area is 288 Å². The minimum Gasteiger partial charge on any atom is -0.487 e. The van der Waals surface area contributed by atoms with Crippen molar-refractivity contribution in [1.29, 1.82) is 0 Å². The largest absolute Gasteiger partial charge is 0.487 e. The summed E-state index contributed by atoms with van der Waals surface area (Å²) in [7, 11) is 1.57. The lowest BCUT2D eigenvalue weighted by Crippen LogP contribution is -2.37. The molecule has 1 aromatic heterocycles. The molecule has 3 amide bonds. The fourth-order valence-corrected chi connectivity index (χ4v) is 5.18. The highest BCUT2D eigenvalue weighted by Crippen LogP contribution is 2.35. The van der Waals surface area contributed by atoms with Crippen LogP contribution in [0, 0.1) is 6.92 Å². The van der Waals surface area contributed by atoms with Crippen LogP contribution in [0.3, 0.4) is 0 Å². The van der Waals surface area contributed by atoms with Gasteiger partial charge in [-0.2, -0.15) is 0 Å². The number of halogens is 3. The van der Waals surface area contributed by atoms with Gasteiger partial charge in [0.05, 0.1) is 17.3 Å². The zero-order valence-corrected chi connectivity index (χ0v) is 27.8. The van der Waals surface area contributed by atoms with Crippen molar-refractivity contribution in [3.63, 3.8) is 0 Å². The number of anilines is 2. The lowest BCUT2D eigenvalue weighted by atomic mass is 10.1. The number of aromatic nitrogens is 1. The molecule has 0 fully saturated rings. The van der Waals surface area contributed by atoms with E-state index in [1.165, 1.54) is 11.0 Å². The molecule has 1 heterocycles. The molecule has 0 aliphatic heterocycles. The molecule has 8 nitrogen and oxygen atoms in total. The van der Waals surface area contributed by atoms with Gasteiger partial charge in [0.15, 0.2) is 0 Å². The lowest BCUT2D eigenvalue weighted by Gasteiger charge is -2.21. The summed E-state index contributed by atoms with van der Waals surface area (Å²) in [4.78, 5) is 43.7. The molecule has 0 saturated carbocycles. The first-order valence-electron chi connectivity index (χ1n) is 14.3. The number of nitrogens with one attached hydrogen (secondary N) is 2. The number of carbonyl (C=O) groups excluding carboxylic acids is 3. The summed E-state index contributed by atoms with van der Waals surface area (Å²) >= 11 is 13.2. The number of ether oxygens (including phenoxy) is 1. The Kier molecular flexibility index (Phi) is 12.0. The van der Waals surface area contributed by atoms with Gasteiger partial charge in [0, 0.05) is 46.0 Å². The first kappa shape index (κ1) is 35.0. The van der Waals surface area contributed by atoms with Crippen LogP contribution in [0.1, 0.15) is 27.2 Å². The third-order valence-corrected chi connectivity index (χ3v) is 7.92. The van der Waals surface area contributed by atoms with Crippen molar-refractivity contribution in [1.82, 2.24) is 10.3 Å². The fourth-order valence-electron chi connectivity index (χ4n) is 4.58. The molecule has 4 aromatic carbocycles. The Bertz CT molecular complexity index is 1930. The topological polar surface area (TPSA) is 101 Å². The number of likely N-dealkylation sites (N-methyl/N-ethyl adjacent to an activating group) is 1. The van der Waals surface area contributed by atoms with Crippen LogP contribution >= 0.6 is 35.6 Å². The number of pyridine rings is 1. The molecule has 47 heavy (non-hydrogen) atoms. The van der Waals surface area contributed by atoms with E-state index in [0.29, 0.717) is 33.3 Å². The van der Waals surface area contributed by atoms with E-state index in [1.54, 1.807) is 73.8 Å². The van der Waals surface area contributed by atoms with Crippen LogP contribution in [0.15, 0.2) is 103 Å². The molecule has 0 unspecified atom stereocenters. The van der Waals surface area contributed by atoms with Gasteiger partial charge in [0.1, 0.15) is 17.9 Å². The SMILES string of the molecule is Cc1ccc2cccc(OCc3c(Cl)ccc(N(C)C(=O)CNC(=O)/C=C/c4ccc(NC(=O)c5ccccc5)cc4)c3Cl)c2n1.Cl. The first-order chi connectivity index (χ1) is 22.2. The lowest BCUT2D eigenvalue weighted by molar-refractivity contribution is -0.122. The van der Waals surface area contributed by atoms with E-state index in [4.69, 9.17) is 27.9 Å². The summed E-state index contributed by atoms with van der Waals surface area (Å²) in [6.07, 6.45) is 2.95. The van der Waals surface area contributed by atoms with Crippen LogP contribution in [-0.4, -0.2) is 36.3 Å². The highest BCUT2D eigenvalue weighted by atomic mass is 35.5. The van der Waals surface area contributed by atoms with Crippen molar-refractivity contribution in [2.45, 2.75) is 13.5 Å². The number of fused-ring (bicyclic) bond motifs is 1. The monoisotopic (exact) mass is 688 g/mol. The molecule has 0 bridgehead atoms. The van der Waals surface area contributed by atoms with E-state index in [2.05, 4.69) is 15.6 Å². The molecule has 0 saturated heterocycles. The molecule has 2 N–H and O–H groups in total. The predicted octanol–water partition coefficient (Wildman–Crippen LogP) is 7.90. The Balaban J connectivity index is 0.00000500. The molecule has 0 spiro atoms. The molecule has 5 rings (SSSR count). The molecule has 240 valence electrons. The summed E-state index contributed by atoms with van der Waals surface area (Å²) in [5.41, 5.74) is 4.46. The molecule has 5 aromatic rings. The second kappa shape index (κ2) is 16.1. The van der Waals surface area contributed by atoms with Crippen LogP contribution in [0.25, 0.3) is 17.0 Å². The van der Waals surface area contributed by atoms with E-state index in [0.717, 1.165) is 22.2 Å². The molecule has 0 radical (unpaired) electrons. The third-order valence-electron chi connectivity index (χ3n) is 7.14. The Morgan fingerprint density at radius 2 is 1.64 bits per heavy atom. The van der Waals surface area contributed by atoms with Gasteiger partial charge in [-0.25, -0.2) is 4.98 Å². The van der Waals surface area contributed by atoms with E-state index in [-0.39, 0.29) is 42.4 Å². The highest BCUT2D eigenvalue weighted by Gasteiger charge is 2.19. The maximum Gasteiger partial charge on any atom is 0.255 e. The van der Waals surface area contributed by atoms with E-state index in [9.17, 15) is 14.4 Å². The van der Waals surface area contributed by atoms with Crippen molar-refractivity contribution in [3.05, 3.63) is 136 Å². The van der Waals surface area contributed by atoms with Gasteiger partial charge in [-0.15, -0.1) is 12.4 Å². The second-order valence-electron chi connectivity index (χ2n) is 10.4. The number of aryl methyl sites for hydroxylation is 1. The minimum atomic E-state index is -0.446. The van der Waals surface area contributed by atoms with Crippen LogP contribution in [0.5, 0.6) is 5.75 Å². The third kappa shape index (κ3) is 8.89. The summed E-state index contributed by atoms with van der Waals surface area (Å²) in [6, 6.07) is 28.8. The number of para-hydroxylation sites is 1. The number of hydrogen-bond donors (Lipinski definition) is 2. The van der Waals surface area contributed by atoms with Crippen molar-refractivity contribution >= 4 is 81.7 Å². The van der Waals surface area contributed by atoms with Crippen LogP contribution in [0.2, 0.25) is 10.0 Å². The van der Waals surface area contributed by atoms with Gasteiger partial charge in [0.2, 0.25) is 11.8 Å². The van der Waals surface area contributed by atoms with Gasteiger partial charge in [-0.05, 0) is 67.1 Å². The van der Waals surface area contributed by atoms with Crippen molar-refractivity contribution < 1.29 is 19.1 Å². The minimum absolute atomic E-state index is 0. The van der Waals surface area contributed by atoms with Gasteiger partial charge < -0.3 is 20.3 Å². The number of carbonyl (C=O) groups is 3. The van der Waals surface area contributed by atoms with E-state index < -0.39 is 5.91 Å². The molecular formula is C36H31Cl3N4O4. The second-order valence-corrected chi connectivity index (χ2v) is 11.2. The smallest absolute Gasteiger partial charge is 0.255 e. The first-order valence-corrected chi connectivity index (χ1v) is 15.1. The zero-order valence-electron chi connectivity index (χ0n) is 25.5. The number of rotatable bonds is 10. The summed E-state index contributed by atoms with van der Waals surface area (Å²) in [6.45, 7) is 1.72. The van der Waals surface area contributed by atoms with Crippen molar-refractivity contribution in [3.8, 4) is 5.75 Å². The number of amides is 3. The average molecular weight is 690 g/mol. The zero-order chi connectivity index (χ0) is 32.6. The summed E-state index contributed by atoms with van der Waals surface area (Å²) < 4.78 is 6.08. The normalized spacial score (nSPS) is 10.7. The molecule has 0 atom stereocenters.